The molecule has 178 valence electrons. The fourth-order valence-electron chi connectivity index (χ4n) is 9.14. The van der Waals surface area contributed by atoms with Crippen LogP contribution in [0.15, 0.2) is 54.6 Å². The van der Waals surface area contributed by atoms with E-state index in [1.54, 1.807) is 11.1 Å². The van der Waals surface area contributed by atoms with E-state index in [0.717, 1.165) is 23.7 Å². The summed E-state index contributed by atoms with van der Waals surface area (Å²) in [7, 11) is -0.312. The molecule has 2 nitrogen and oxygen atoms in total. The first-order valence-corrected chi connectivity index (χ1v) is 13.8. The van der Waals surface area contributed by atoms with Gasteiger partial charge in [-0.05, 0) is 134 Å². The van der Waals surface area contributed by atoms with Crippen molar-refractivity contribution >= 4 is 23.4 Å². The summed E-state index contributed by atoms with van der Waals surface area (Å²) < 4.78 is 13.4. The van der Waals surface area contributed by atoms with Gasteiger partial charge in [0.05, 0.1) is 11.2 Å². The zero-order valence-corrected chi connectivity index (χ0v) is 21.4. The molecule has 5 fully saturated rings. The van der Waals surface area contributed by atoms with Gasteiger partial charge in [0.2, 0.25) is 0 Å². The lowest BCUT2D eigenvalue weighted by molar-refractivity contribution is -0.0395. The summed E-state index contributed by atoms with van der Waals surface area (Å²) in [6.45, 7) is 8.71. The van der Waals surface area contributed by atoms with Crippen LogP contribution in [0.25, 0.3) is 21.9 Å². The summed E-state index contributed by atoms with van der Waals surface area (Å²) in [5.74, 6) is 3.31. The van der Waals surface area contributed by atoms with Crippen molar-refractivity contribution in [2.24, 2.45) is 23.7 Å². The van der Waals surface area contributed by atoms with Crippen molar-refractivity contribution in [2.75, 3.05) is 0 Å². The molecule has 0 N–H and O–H groups in total. The Morgan fingerprint density at radius 2 is 1.29 bits per heavy atom. The molecule has 0 unspecified atom stereocenters. The molecule has 9 rings (SSSR count). The minimum Gasteiger partial charge on any atom is -0.399 e. The monoisotopic (exact) mass is 462 g/mol. The Bertz CT molecular complexity index is 1340. The SMILES string of the molecule is CC1(C)OB(c2cccc3c2C2(c4cc5ccccc5cc4-3)C3CC4CC(C3)CC2C4)OC1(C)C. The summed E-state index contributed by atoms with van der Waals surface area (Å²) >= 11 is 0. The van der Waals surface area contributed by atoms with Gasteiger partial charge in [-0.2, -0.15) is 0 Å². The van der Waals surface area contributed by atoms with Crippen molar-refractivity contribution in [1.29, 1.82) is 0 Å². The lowest BCUT2D eigenvalue weighted by Crippen LogP contribution is -2.57. The molecule has 1 spiro atoms. The van der Waals surface area contributed by atoms with Gasteiger partial charge in [-0.25, -0.2) is 0 Å². The van der Waals surface area contributed by atoms with Crippen LogP contribution in [-0.4, -0.2) is 18.3 Å². The summed E-state index contributed by atoms with van der Waals surface area (Å²) in [6.07, 6.45) is 7.01. The van der Waals surface area contributed by atoms with Gasteiger partial charge in [-0.3, -0.25) is 0 Å². The number of benzene rings is 3. The van der Waals surface area contributed by atoms with Crippen molar-refractivity contribution in [3.8, 4) is 11.1 Å². The second kappa shape index (κ2) is 6.61. The highest BCUT2D eigenvalue weighted by atomic mass is 16.7. The molecule has 1 heterocycles. The minimum absolute atomic E-state index is 0.0995. The summed E-state index contributed by atoms with van der Waals surface area (Å²) in [5, 5.41) is 2.73. The van der Waals surface area contributed by atoms with Crippen LogP contribution in [0.3, 0.4) is 0 Å². The molecule has 6 aliphatic rings. The number of rotatable bonds is 1. The second-order valence-electron chi connectivity index (χ2n) is 13.3. The molecular formula is C32H35BO2. The van der Waals surface area contributed by atoms with E-state index in [1.165, 1.54) is 59.5 Å². The van der Waals surface area contributed by atoms with E-state index in [0.29, 0.717) is 0 Å². The predicted molar refractivity (Wildman–Crippen MR) is 143 cm³/mol. The van der Waals surface area contributed by atoms with Crippen LogP contribution < -0.4 is 5.46 Å². The van der Waals surface area contributed by atoms with Gasteiger partial charge in [0.25, 0.3) is 0 Å². The third-order valence-corrected chi connectivity index (χ3v) is 11.1. The van der Waals surface area contributed by atoms with Crippen LogP contribution in [0.2, 0.25) is 0 Å². The largest absolute Gasteiger partial charge is 0.495 e. The normalized spacial score (nSPS) is 35.1. The Hall–Kier alpha value is -2.10. The third kappa shape index (κ3) is 2.54. The molecule has 3 heteroatoms. The fraction of sp³-hybridized carbons (Fsp3) is 0.500. The molecule has 0 atom stereocenters. The molecule has 1 aliphatic heterocycles. The van der Waals surface area contributed by atoms with Crippen LogP contribution in [-0.2, 0) is 14.7 Å². The van der Waals surface area contributed by atoms with Crippen LogP contribution in [0, 0.1) is 23.7 Å². The van der Waals surface area contributed by atoms with Gasteiger partial charge in [-0.1, -0.05) is 42.5 Å². The molecule has 4 saturated carbocycles. The van der Waals surface area contributed by atoms with Gasteiger partial charge in [0.15, 0.2) is 0 Å². The zero-order valence-electron chi connectivity index (χ0n) is 21.4. The van der Waals surface area contributed by atoms with Gasteiger partial charge in [0, 0.05) is 5.41 Å². The maximum Gasteiger partial charge on any atom is 0.495 e. The van der Waals surface area contributed by atoms with Gasteiger partial charge >= 0.3 is 7.12 Å². The Balaban J connectivity index is 1.42. The number of hydrogen-bond acceptors (Lipinski definition) is 2. The molecule has 5 aliphatic carbocycles. The van der Waals surface area contributed by atoms with E-state index < -0.39 is 0 Å². The topological polar surface area (TPSA) is 18.5 Å². The lowest BCUT2D eigenvalue weighted by atomic mass is 9.42. The first kappa shape index (κ1) is 21.0. The van der Waals surface area contributed by atoms with Crippen molar-refractivity contribution in [3.05, 3.63) is 65.7 Å². The molecule has 4 bridgehead atoms. The standard InChI is InChI=1S/C32H35BO2/c1-30(2)31(3,4)35-33(34-30)28-11-7-10-25-26-17-21-8-5-6-9-22(21)18-27(26)32(29(25)28)23-13-19-12-20(15-23)16-24(32)14-19/h5-11,17-20,23-24H,12-16H2,1-4H3. The van der Waals surface area contributed by atoms with Crippen LogP contribution >= 0.6 is 0 Å². The molecule has 35 heavy (non-hydrogen) atoms. The molecule has 3 aromatic rings. The molecule has 0 amide bonds. The van der Waals surface area contributed by atoms with Crippen LogP contribution in [0.4, 0.5) is 0 Å². The lowest BCUT2D eigenvalue weighted by Gasteiger charge is -2.61. The average Bonchev–Trinajstić information content (AvgIpc) is 3.22. The Labute approximate surface area is 209 Å². The van der Waals surface area contributed by atoms with E-state index >= 15 is 0 Å². The average molecular weight is 462 g/mol. The first-order valence-electron chi connectivity index (χ1n) is 13.8. The van der Waals surface area contributed by atoms with Crippen molar-refractivity contribution < 1.29 is 9.31 Å². The van der Waals surface area contributed by atoms with Crippen LogP contribution in [0.5, 0.6) is 0 Å². The Morgan fingerprint density at radius 1 is 0.686 bits per heavy atom. The minimum atomic E-state index is -0.336. The fourth-order valence-corrected chi connectivity index (χ4v) is 9.14. The summed E-state index contributed by atoms with van der Waals surface area (Å²) in [5.41, 5.74) is 6.77. The smallest absolute Gasteiger partial charge is 0.399 e. The van der Waals surface area contributed by atoms with E-state index in [2.05, 4.69) is 82.3 Å². The molecule has 1 saturated heterocycles. The van der Waals surface area contributed by atoms with E-state index in [1.807, 2.05) is 0 Å². The van der Waals surface area contributed by atoms with Crippen molar-refractivity contribution in [3.63, 3.8) is 0 Å². The number of fused-ring (bicyclic) bond motifs is 4. The summed E-state index contributed by atoms with van der Waals surface area (Å²) in [4.78, 5) is 0. The molecule has 0 aromatic heterocycles. The summed E-state index contributed by atoms with van der Waals surface area (Å²) in [6, 6.07) is 20.9. The maximum absolute atomic E-state index is 6.72. The highest BCUT2D eigenvalue weighted by molar-refractivity contribution is 6.63. The van der Waals surface area contributed by atoms with E-state index in [9.17, 15) is 0 Å². The van der Waals surface area contributed by atoms with Gasteiger partial charge < -0.3 is 9.31 Å². The van der Waals surface area contributed by atoms with E-state index in [-0.39, 0.29) is 23.7 Å². The molecule has 3 aromatic carbocycles. The molecular weight excluding hydrogens is 427 g/mol. The highest BCUT2D eigenvalue weighted by Crippen LogP contribution is 2.69. The third-order valence-electron chi connectivity index (χ3n) is 11.1. The van der Waals surface area contributed by atoms with Crippen molar-refractivity contribution in [1.82, 2.24) is 0 Å². The quantitative estimate of drug-likeness (QED) is 0.368. The first-order chi connectivity index (χ1) is 16.8. The maximum atomic E-state index is 6.72. The van der Waals surface area contributed by atoms with Gasteiger partial charge in [-0.15, -0.1) is 0 Å². The van der Waals surface area contributed by atoms with E-state index in [4.69, 9.17) is 9.31 Å². The number of hydrogen-bond donors (Lipinski definition) is 0. The zero-order chi connectivity index (χ0) is 23.7. The second-order valence-corrected chi connectivity index (χ2v) is 13.3. The highest BCUT2D eigenvalue weighted by Gasteiger charge is 2.63. The van der Waals surface area contributed by atoms with Gasteiger partial charge in [0.1, 0.15) is 0 Å². The Morgan fingerprint density at radius 3 is 1.91 bits per heavy atom. The van der Waals surface area contributed by atoms with Crippen LogP contribution in [0.1, 0.15) is 70.9 Å². The predicted octanol–water partition coefficient (Wildman–Crippen LogP) is 6.86. The molecule has 0 radical (unpaired) electrons. The Kier molecular flexibility index (Phi) is 3.97. The van der Waals surface area contributed by atoms with Crippen molar-refractivity contribution in [2.45, 2.75) is 76.4 Å².